The van der Waals surface area contributed by atoms with Crippen LogP contribution in [-0.2, 0) is 19.9 Å². The van der Waals surface area contributed by atoms with Crippen LogP contribution in [0.3, 0.4) is 0 Å². The van der Waals surface area contributed by atoms with Crippen molar-refractivity contribution >= 4 is 22.4 Å². The van der Waals surface area contributed by atoms with Crippen LogP contribution in [0.5, 0.6) is 5.75 Å². The van der Waals surface area contributed by atoms with Crippen molar-refractivity contribution in [2.24, 2.45) is 0 Å². The van der Waals surface area contributed by atoms with Gasteiger partial charge in [0, 0.05) is 5.56 Å². The Labute approximate surface area is 207 Å². The maximum absolute atomic E-state index is 13.8. The Bertz CT molecular complexity index is 1340. The van der Waals surface area contributed by atoms with Crippen LogP contribution >= 0.6 is 0 Å². The number of hydrogen-bond acceptors (Lipinski definition) is 2. The molecule has 0 aromatic heterocycles. The molecule has 0 fully saturated rings. The van der Waals surface area contributed by atoms with Gasteiger partial charge in [0.25, 0.3) is 0 Å². The molecule has 0 radical (unpaired) electrons. The average molecular weight is 544 g/mol. The van der Waals surface area contributed by atoms with E-state index in [0.717, 1.165) is 15.4 Å². The van der Waals surface area contributed by atoms with Gasteiger partial charge in [-0.2, -0.15) is 0 Å². The third kappa shape index (κ3) is 6.19. The van der Waals surface area contributed by atoms with Crippen molar-refractivity contribution in [1.82, 2.24) is 0 Å². The summed E-state index contributed by atoms with van der Waals surface area (Å²) in [7, 11) is -2.39. The molecule has 37 heavy (non-hydrogen) atoms. The third-order valence-electron chi connectivity index (χ3n) is 5.13. The Hall–Kier alpha value is -3.67. The van der Waals surface area contributed by atoms with Crippen molar-refractivity contribution in [2.45, 2.75) is 15.5 Å². The quantitative estimate of drug-likeness (QED) is 0.0972. The Balaban J connectivity index is 0.000000222. The maximum Gasteiger partial charge on any atom is 0.515 e. The maximum atomic E-state index is 13.8. The lowest BCUT2D eigenvalue weighted by Crippen LogP contribution is -2.41. The summed E-state index contributed by atoms with van der Waals surface area (Å²) >= 11 is 0. The standard InChI is InChI=1S/C19H16O2S.C6BF8/c20-17-13-11-16(12-14-17)15-22(21,18-7-3-1-4-8-18)19-9-5-2-6-10-19;8-2-1(7(13,14)15)3(9)5(11)6(12)4(2)10/h1-14H,15H2;/q;-1/p+1. The van der Waals surface area contributed by atoms with Gasteiger partial charge in [0.05, 0.1) is 0 Å². The normalized spacial score (nSPS) is 11.6. The first kappa shape index (κ1) is 27.9. The summed E-state index contributed by atoms with van der Waals surface area (Å²) in [5, 5.41) is 9.42. The minimum Gasteiger partial charge on any atom is -0.508 e. The van der Waals surface area contributed by atoms with E-state index in [4.69, 9.17) is 0 Å². The molecule has 4 aromatic rings. The summed E-state index contributed by atoms with van der Waals surface area (Å²) in [6, 6.07) is 26.0. The SMILES string of the molecule is Fc1c(F)c(F)c([B-](F)(F)F)c(F)c1F.O=[S+](Cc1ccc(O)cc1)(c1ccccc1)c1ccccc1. The number of phenolic OH excluding ortho intramolecular Hbond substituents is 1. The zero-order valence-corrected chi connectivity index (χ0v) is 19.5. The number of rotatable bonds is 5. The molecule has 0 heterocycles. The first-order valence-electron chi connectivity index (χ1n) is 10.5. The predicted molar refractivity (Wildman–Crippen MR) is 124 cm³/mol. The Morgan fingerprint density at radius 2 is 0.973 bits per heavy atom. The second-order valence-electron chi connectivity index (χ2n) is 7.67. The van der Waals surface area contributed by atoms with Crippen LogP contribution in [0.4, 0.5) is 34.9 Å². The lowest BCUT2D eigenvalue weighted by Gasteiger charge is -2.17. The summed E-state index contributed by atoms with van der Waals surface area (Å²) in [4.78, 5) is 1.66. The van der Waals surface area contributed by atoms with Gasteiger partial charge in [-0.25, -0.2) is 22.0 Å². The molecule has 0 atom stereocenters. The fourth-order valence-corrected chi connectivity index (χ4v) is 5.78. The van der Waals surface area contributed by atoms with Crippen LogP contribution in [0, 0.1) is 29.1 Å². The summed E-state index contributed by atoms with van der Waals surface area (Å²) in [5.74, 6) is -12.9. The van der Waals surface area contributed by atoms with E-state index in [1.165, 1.54) is 0 Å². The number of aromatic hydroxyl groups is 1. The van der Waals surface area contributed by atoms with Crippen LogP contribution in [0.15, 0.2) is 94.7 Å². The first-order valence-corrected chi connectivity index (χ1v) is 12.2. The molecule has 2 nitrogen and oxygen atoms in total. The van der Waals surface area contributed by atoms with Crippen molar-refractivity contribution in [2.75, 3.05) is 0 Å². The molecule has 4 rings (SSSR count). The molecule has 0 saturated carbocycles. The zero-order valence-electron chi connectivity index (χ0n) is 18.7. The molecule has 12 heteroatoms. The van der Waals surface area contributed by atoms with Crippen molar-refractivity contribution in [3.8, 4) is 5.75 Å². The molecule has 0 spiro atoms. The van der Waals surface area contributed by atoms with Crippen LogP contribution in [-0.4, -0.2) is 12.1 Å². The number of halogens is 8. The lowest BCUT2D eigenvalue weighted by atomic mass is 9.79. The fraction of sp³-hybridized carbons (Fsp3) is 0.0400. The molecule has 0 aliphatic rings. The third-order valence-corrected chi connectivity index (χ3v) is 7.93. The largest absolute Gasteiger partial charge is 0.515 e. The highest BCUT2D eigenvalue weighted by atomic mass is 32.2. The van der Waals surface area contributed by atoms with Gasteiger partial charge in [-0.15, -0.1) is 0 Å². The number of hydrogen-bond donors (Lipinski definition) is 1. The summed E-state index contributed by atoms with van der Waals surface area (Å²) < 4.78 is 111. The molecule has 0 bridgehead atoms. The molecule has 0 unspecified atom stereocenters. The van der Waals surface area contributed by atoms with Gasteiger partial charge >= 0.3 is 6.98 Å². The number of benzene rings is 4. The smallest absolute Gasteiger partial charge is 0.508 e. The topological polar surface area (TPSA) is 37.3 Å². The first-order chi connectivity index (χ1) is 17.4. The van der Waals surface area contributed by atoms with Gasteiger partial charge in [0.2, 0.25) is 0 Å². The summed E-state index contributed by atoms with van der Waals surface area (Å²) in [6.45, 7) is -6.30. The van der Waals surface area contributed by atoms with E-state index < -0.39 is 51.5 Å². The van der Waals surface area contributed by atoms with E-state index in [1.807, 2.05) is 72.8 Å². The zero-order chi connectivity index (χ0) is 27.4. The molecule has 1 N–H and O–H groups in total. The van der Waals surface area contributed by atoms with Gasteiger partial charge in [-0.3, -0.25) is 0 Å². The minimum atomic E-state index is -6.30. The number of phenols is 1. The van der Waals surface area contributed by atoms with Gasteiger partial charge in [0.1, 0.15) is 23.1 Å². The van der Waals surface area contributed by atoms with Crippen molar-refractivity contribution < 1.29 is 44.2 Å². The predicted octanol–water partition coefficient (Wildman–Crippen LogP) is 6.95. The molecule has 0 aliphatic carbocycles. The van der Waals surface area contributed by atoms with E-state index in [2.05, 4.69) is 0 Å². The van der Waals surface area contributed by atoms with Crippen LogP contribution < -0.4 is 5.46 Å². The molecule has 0 saturated heterocycles. The van der Waals surface area contributed by atoms with E-state index in [-0.39, 0.29) is 5.75 Å². The highest BCUT2D eigenvalue weighted by molar-refractivity contribution is 8.02. The van der Waals surface area contributed by atoms with Crippen LogP contribution in [0.2, 0.25) is 0 Å². The second-order valence-corrected chi connectivity index (χ2v) is 10.3. The van der Waals surface area contributed by atoms with E-state index >= 15 is 0 Å². The van der Waals surface area contributed by atoms with E-state index in [9.17, 15) is 44.2 Å². The monoisotopic (exact) mass is 544 g/mol. The molecule has 0 amide bonds. The van der Waals surface area contributed by atoms with Crippen LogP contribution in [0.1, 0.15) is 5.56 Å². The van der Waals surface area contributed by atoms with Crippen molar-refractivity contribution in [3.05, 3.63) is 120 Å². The van der Waals surface area contributed by atoms with Crippen LogP contribution in [0.25, 0.3) is 0 Å². The van der Waals surface area contributed by atoms with Gasteiger partial charge < -0.3 is 18.1 Å². The Morgan fingerprint density at radius 3 is 1.35 bits per heavy atom. The summed E-state index contributed by atoms with van der Waals surface area (Å²) in [6.07, 6.45) is 0. The second kappa shape index (κ2) is 11.2. The average Bonchev–Trinajstić information content (AvgIpc) is 2.88. The lowest BCUT2D eigenvalue weighted by molar-refractivity contribution is 0.377. The molecular formula is C25H17BF8O2S. The van der Waals surface area contributed by atoms with Gasteiger partial charge in [0.15, 0.2) is 37.2 Å². The Kier molecular flexibility index (Phi) is 8.42. The highest BCUT2D eigenvalue weighted by Crippen LogP contribution is 2.32. The fourth-order valence-electron chi connectivity index (χ4n) is 3.32. The molecule has 194 valence electrons. The molecule has 4 aromatic carbocycles. The van der Waals surface area contributed by atoms with Crippen molar-refractivity contribution in [1.29, 1.82) is 0 Å². The van der Waals surface area contributed by atoms with Crippen molar-refractivity contribution in [3.63, 3.8) is 0 Å². The molecular weight excluding hydrogens is 527 g/mol. The van der Waals surface area contributed by atoms with E-state index in [1.54, 1.807) is 12.1 Å². The minimum absolute atomic E-state index is 0.217. The van der Waals surface area contributed by atoms with E-state index in [0.29, 0.717) is 5.75 Å². The Morgan fingerprint density at radius 1 is 0.595 bits per heavy atom. The highest BCUT2D eigenvalue weighted by Gasteiger charge is 2.38. The molecule has 0 aliphatic heterocycles. The van der Waals surface area contributed by atoms with Gasteiger partial charge in [-0.05, 0) is 41.9 Å². The van der Waals surface area contributed by atoms with Gasteiger partial charge in [-0.1, -0.05) is 52.7 Å². The summed E-state index contributed by atoms with van der Waals surface area (Å²) in [5.41, 5.74) is -1.79.